The van der Waals surface area contributed by atoms with Crippen molar-refractivity contribution in [2.45, 2.75) is 37.1 Å². The molecule has 1 rings (SSSR count). The maximum Gasteiger partial charge on any atom is 0.309 e. The highest BCUT2D eigenvalue weighted by molar-refractivity contribution is 8.01. The van der Waals surface area contributed by atoms with Gasteiger partial charge in [0, 0.05) is 11.1 Å². The molecule has 1 unspecified atom stereocenters. The Hall–Kier alpha value is -0.590. The second-order valence-corrected chi connectivity index (χ2v) is 6.56. The van der Waals surface area contributed by atoms with Crippen molar-refractivity contribution in [3.05, 3.63) is 11.1 Å². The van der Waals surface area contributed by atoms with Crippen LogP contribution in [0.1, 0.15) is 26.5 Å². The monoisotopic (exact) mass is 275 g/mol. The molecule has 0 amide bonds. The van der Waals surface area contributed by atoms with Crippen molar-refractivity contribution in [2.24, 2.45) is 5.92 Å². The summed E-state index contributed by atoms with van der Waals surface area (Å²) in [6.45, 7) is 5.74. The standard InChI is InChI=1S/C11H17NO3S2/c1-7(2)11(3,15)6-17-10-12-8(5-16-10)4-9(13)14/h5,7,15H,4,6H2,1-3H3,(H,13,14). The highest BCUT2D eigenvalue weighted by Crippen LogP contribution is 2.29. The van der Waals surface area contributed by atoms with Gasteiger partial charge in [0.25, 0.3) is 0 Å². The van der Waals surface area contributed by atoms with Crippen LogP contribution in [0, 0.1) is 5.92 Å². The number of rotatable bonds is 6. The molecule has 0 bridgehead atoms. The van der Waals surface area contributed by atoms with E-state index in [4.69, 9.17) is 5.11 Å². The molecule has 0 saturated carbocycles. The molecule has 4 nitrogen and oxygen atoms in total. The number of carboxylic acids is 1. The summed E-state index contributed by atoms with van der Waals surface area (Å²) in [6.07, 6.45) is -0.0440. The van der Waals surface area contributed by atoms with Gasteiger partial charge >= 0.3 is 5.97 Å². The third kappa shape index (κ3) is 4.65. The number of carbonyl (C=O) groups is 1. The minimum atomic E-state index is -0.874. The number of aliphatic carboxylic acids is 1. The Morgan fingerprint density at radius 2 is 2.29 bits per heavy atom. The van der Waals surface area contributed by atoms with Gasteiger partial charge in [0.1, 0.15) is 4.34 Å². The maximum atomic E-state index is 10.5. The number of aromatic nitrogens is 1. The lowest BCUT2D eigenvalue weighted by atomic mass is 9.95. The number of thioether (sulfide) groups is 1. The third-order valence-corrected chi connectivity index (χ3v) is 4.99. The molecule has 0 spiro atoms. The molecule has 0 radical (unpaired) electrons. The zero-order valence-electron chi connectivity index (χ0n) is 10.1. The van der Waals surface area contributed by atoms with Gasteiger partial charge < -0.3 is 10.2 Å². The predicted molar refractivity (Wildman–Crippen MR) is 69.6 cm³/mol. The lowest BCUT2D eigenvalue weighted by Gasteiger charge is -2.26. The van der Waals surface area contributed by atoms with Crippen LogP contribution in [0.25, 0.3) is 0 Å². The van der Waals surface area contributed by atoms with E-state index < -0.39 is 11.6 Å². The van der Waals surface area contributed by atoms with Crippen LogP contribution in [0.4, 0.5) is 0 Å². The molecule has 1 atom stereocenters. The van der Waals surface area contributed by atoms with E-state index in [2.05, 4.69) is 4.98 Å². The van der Waals surface area contributed by atoms with E-state index in [-0.39, 0.29) is 12.3 Å². The van der Waals surface area contributed by atoms with Crippen molar-refractivity contribution in [1.82, 2.24) is 4.98 Å². The fourth-order valence-electron chi connectivity index (χ4n) is 0.965. The van der Waals surface area contributed by atoms with E-state index in [1.54, 1.807) is 12.3 Å². The van der Waals surface area contributed by atoms with Gasteiger partial charge in [0.2, 0.25) is 0 Å². The molecule has 2 N–H and O–H groups in total. The van der Waals surface area contributed by atoms with E-state index in [1.807, 2.05) is 13.8 Å². The number of hydrogen-bond acceptors (Lipinski definition) is 5. The van der Waals surface area contributed by atoms with Gasteiger partial charge in [0.05, 0.1) is 17.7 Å². The molecule has 0 aromatic carbocycles. The van der Waals surface area contributed by atoms with Crippen LogP contribution in [0.2, 0.25) is 0 Å². The quantitative estimate of drug-likeness (QED) is 0.779. The van der Waals surface area contributed by atoms with Crippen LogP contribution >= 0.6 is 23.1 Å². The van der Waals surface area contributed by atoms with Crippen molar-refractivity contribution in [1.29, 1.82) is 0 Å². The van der Waals surface area contributed by atoms with Crippen molar-refractivity contribution in [3.8, 4) is 0 Å². The second kappa shape index (κ2) is 5.84. The van der Waals surface area contributed by atoms with Crippen molar-refractivity contribution in [3.63, 3.8) is 0 Å². The minimum Gasteiger partial charge on any atom is -0.481 e. The average Bonchev–Trinajstić information content (AvgIpc) is 2.61. The van der Waals surface area contributed by atoms with Gasteiger partial charge in [-0.2, -0.15) is 0 Å². The summed E-state index contributed by atoms with van der Waals surface area (Å²) in [5.41, 5.74) is -0.155. The molecule has 0 aliphatic rings. The Morgan fingerprint density at radius 1 is 1.65 bits per heavy atom. The van der Waals surface area contributed by atoms with Gasteiger partial charge in [-0.1, -0.05) is 25.6 Å². The van der Waals surface area contributed by atoms with Gasteiger partial charge in [-0.3, -0.25) is 4.79 Å². The second-order valence-electron chi connectivity index (χ2n) is 4.48. The summed E-state index contributed by atoms with van der Waals surface area (Å²) in [4.78, 5) is 14.7. The van der Waals surface area contributed by atoms with E-state index in [0.29, 0.717) is 11.4 Å². The first-order valence-electron chi connectivity index (χ1n) is 5.32. The van der Waals surface area contributed by atoms with Crippen LogP contribution in [0.3, 0.4) is 0 Å². The smallest absolute Gasteiger partial charge is 0.309 e. The Kier molecular flexibility index (Phi) is 4.97. The first-order valence-corrected chi connectivity index (χ1v) is 7.19. The first-order chi connectivity index (χ1) is 7.81. The normalized spacial score (nSPS) is 14.9. The number of aliphatic hydroxyl groups is 1. The van der Waals surface area contributed by atoms with Crippen molar-refractivity contribution >= 4 is 29.1 Å². The molecule has 6 heteroatoms. The number of nitrogens with zero attached hydrogens (tertiary/aromatic N) is 1. The summed E-state index contributed by atoms with van der Waals surface area (Å²) in [5, 5.41) is 20.4. The summed E-state index contributed by atoms with van der Waals surface area (Å²) in [6, 6.07) is 0. The van der Waals surface area contributed by atoms with Gasteiger partial charge in [-0.05, 0) is 12.8 Å². The molecule has 1 aromatic heterocycles. The van der Waals surface area contributed by atoms with Crippen LogP contribution in [-0.2, 0) is 11.2 Å². The summed E-state index contributed by atoms with van der Waals surface area (Å²) in [5.74, 6) is -0.139. The number of carboxylic acid groups (broad SMARTS) is 1. The summed E-state index contributed by atoms with van der Waals surface area (Å²) >= 11 is 2.89. The highest BCUT2D eigenvalue weighted by atomic mass is 32.2. The van der Waals surface area contributed by atoms with Crippen molar-refractivity contribution < 1.29 is 15.0 Å². The molecule has 1 heterocycles. The molecule has 0 aliphatic heterocycles. The maximum absolute atomic E-state index is 10.5. The number of hydrogen-bond donors (Lipinski definition) is 2. The molecule has 0 saturated heterocycles. The average molecular weight is 275 g/mol. The Balaban J connectivity index is 2.53. The van der Waals surface area contributed by atoms with Gasteiger partial charge in [0.15, 0.2) is 0 Å². The Labute approximate surface area is 109 Å². The van der Waals surface area contributed by atoms with Crippen LogP contribution in [0.15, 0.2) is 9.72 Å². The van der Waals surface area contributed by atoms with E-state index >= 15 is 0 Å². The van der Waals surface area contributed by atoms with Gasteiger partial charge in [-0.15, -0.1) is 11.3 Å². The molecule has 1 aromatic rings. The predicted octanol–water partition coefficient (Wildman–Crippen LogP) is 2.27. The molecule has 0 fully saturated rings. The molecule has 17 heavy (non-hydrogen) atoms. The summed E-state index contributed by atoms with van der Waals surface area (Å²) < 4.78 is 0.808. The molecule has 0 aliphatic carbocycles. The Morgan fingerprint density at radius 3 is 2.82 bits per heavy atom. The largest absolute Gasteiger partial charge is 0.481 e. The van der Waals surface area contributed by atoms with E-state index in [9.17, 15) is 9.90 Å². The summed E-state index contributed by atoms with van der Waals surface area (Å²) in [7, 11) is 0. The number of thiazole rings is 1. The van der Waals surface area contributed by atoms with Crippen LogP contribution < -0.4 is 0 Å². The zero-order chi connectivity index (χ0) is 13.1. The first kappa shape index (κ1) is 14.5. The molecular weight excluding hydrogens is 258 g/mol. The molecule has 96 valence electrons. The van der Waals surface area contributed by atoms with Crippen molar-refractivity contribution in [2.75, 3.05) is 5.75 Å². The zero-order valence-corrected chi connectivity index (χ0v) is 11.8. The third-order valence-electron chi connectivity index (χ3n) is 2.59. The lowest BCUT2D eigenvalue weighted by molar-refractivity contribution is -0.136. The minimum absolute atomic E-state index is 0.0440. The fraction of sp³-hybridized carbons (Fsp3) is 0.636. The van der Waals surface area contributed by atoms with E-state index in [0.717, 1.165) is 4.34 Å². The molecular formula is C11H17NO3S2. The van der Waals surface area contributed by atoms with Crippen LogP contribution in [0.5, 0.6) is 0 Å². The SMILES string of the molecule is CC(C)C(C)(O)CSc1nc(CC(=O)O)cs1. The van der Waals surface area contributed by atoms with Crippen LogP contribution in [-0.4, -0.2) is 32.5 Å². The lowest BCUT2D eigenvalue weighted by Crippen LogP contribution is -2.33. The topological polar surface area (TPSA) is 70.4 Å². The fourth-order valence-corrected chi connectivity index (χ4v) is 3.03. The Bertz CT molecular complexity index is 388. The van der Waals surface area contributed by atoms with E-state index in [1.165, 1.54) is 23.1 Å². The van der Waals surface area contributed by atoms with Gasteiger partial charge in [-0.25, -0.2) is 4.98 Å². The highest BCUT2D eigenvalue weighted by Gasteiger charge is 2.25.